The van der Waals surface area contributed by atoms with Gasteiger partial charge < -0.3 is 0 Å². The topological polar surface area (TPSA) is 24.7 Å². The van der Waals surface area contributed by atoms with Crippen molar-refractivity contribution in [3.8, 4) is 0 Å². The first-order valence-corrected chi connectivity index (χ1v) is 16.8. The quantitative estimate of drug-likeness (QED) is 0.0855. The number of hydrogen-bond donors (Lipinski definition) is 0. The van der Waals surface area contributed by atoms with Crippen LogP contribution >= 0.6 is 0 Å². The second-order valence-corrected chi connectivity index (χ2v) is 11.9. The van der Waals surface area contributed by atoms with Gasteiger partial charge in [-0.1, -0.05) is 183 Å². The fourth-order valence-corrected chi connectivity index (χ4v) is 6.13. The lowest BCUT2D eigenvalue weighted by Crippen LogP contribution is -2.22. The highest BCUT2D eigenvalue weighted by atomic mass is 15.0. The van der Waals surface area contributed by atoms with Crippen molar-refractivity contribution < 1.29 is 0 Å². The van der Waals surface area contributed by atoms with Crippen LogP contribution in [0.4, 0.5) is 0 Å². The molecule has 1 aromatic rings. The first kappa shape index (κ1) is 32.6. The summed E-state index contributed by atoms with van der Waals surface area (Å²) in [6, 6.07) is 11.1. The predicted molar refractivity (Wildman–Crippen MR) is 170 cm³/mol. The molecule has 0 bridgehead atoms. The van der Waals surface area contributed by atoms with Crippen molar-refractivity contribution in [1.29, 1.82) is 0 Å². The first-order chi connectivity index (χ1) is 18.8. The Morgan fingerprint density at radius 2 is 0.947 bits per heavy atom. The molecular weight excluding hydrogens is 460 g/mol. The molecule has 2 heteroatoms. The van der Waals surface area contributed by atoms with E-state index in [9.17, 15) is 0 Å². The van der Waals surface area contributed by atoms with Crippen molar-refractivity contribution in [3.05, 3.63) is 42.1 Å². The van der Waals surface area contributed by atoms with E-state index in [-0.39, 0.29) is 0 Å². The lowest BCUT2D eigenvalue weighted by molar-refractivity contribution is 0.284. The zero-order valence-corrected chi connectivity index (χ0v) is 25.4. The molecule has 0 saturated heterocycles. The van der Waals surface area contributed by atoms with Crippen LogP contribution in [0.25, 0.3) is 0 Å². The van der Waals surface area contributed by atoms with Gasteiger partial charge in [-0.2, -0.15) is 0 Å². The van der Waals surface area contributed by atoms with E-state index in [0.29, 0.717) is 11.8 Å². The fraction of sp³-hybridized carbons (Fsp3) is 0.750. The Labute approximate surface area is 237 Å². The fourth-order valence-electron chi connectivity index (χ4n) is 6.13. The van der Waals surface area contributed by atoms with Gasteiger partial charge in [0.15, 0.2) is 12.4 Å². The van der Waals surface area contributed by atoms with Crippen LogP contribution in [0.5, 0.6) is 0 Å². The molecule has 0 aromatic heterocycles. The van der Waals surface area contributed by atoms with Crippen molar-refractivity contribution >= 4 is 12.4 Å². The molecule has 2 atom stereocenters. The minimum atomic E-state index is 0.499. The van der Waals surface area contributed by atoms with Gasteiger partial charge >= 0.3 is 0 Å². The molecular formula is C36H61N2+. The summed E-state index contributed by atoms with van der Waals surface area (Å²) in [6.07, 6.45) is 36.8. The van der Waals surface area contributed by atoms with Crippen molar-refractivity contribution in [2.24, 2.45) is 21.8 Å². The molecule has 0 spiro atoms. The summed E-state index contributed by atoms with van der Waals surface area (Å²) in [5.41, 5.74) is 1.47. The Kier molecular flexibility index (Phi) is 20.0. The Hall–Kier alpha value is -1.57. The Morgan fingerprint density at radius 3 is 1.45 bits per heavy atom. The van der Waals surface area contributed by atoms with Gasteiger partial charge in [0, 0.05) is 0 Å². The Morgan fingerprint density at radius 1 is 0.526 bits per heavy atom. The maximum absolute atomic E-state index is 4.69. The van der Waals surface area contributed by atoms with Gasteiger partial charge in [0.1, 0.15) is 0 Å². The second kappa shape index (κ2) is 23.3. The predicted octanol–water partition coefficient (Wildman–Crippen LogP) is 11.7. The number of benzene rings is 1. The summed E-state index contributed by atoms with van der Waals surface area (Å²) in [7, 11) is 0. The number of hydrogen-bond acceptors (Lipinski definition) is 2. The van der Waals surface area contributed by atoms with Crippen molar-refractivity contribution in [3.63, 3.8) is 0 Å². The summed E-state index contributed by atoms with van der Waals surface area (Å²) < 4.78 is 0. The van der Waals surface area contributed by atoms with E-state index in [4.69, 9.17) is 9.98 Å². The smallest absolute Gasteiger partial charge is 0.0965 e. The number of nitrogens with zero attached hydrogens (tertiary/aromatic N) is 2. The molecule has 0 aliphatic carbocycles. The zero-order chi connectivity index (χ0) is 26.9. The second-order valence-electron chi connectivity index (χ2n) is 11.9. The largest absolute Gasteiger partial charge is 0.244 e. The molecule has 214 valence electrons. The first-order valence-electron chi connectivity index (χ1n) is 16.8. The molecule has 1 aromatic carbocycles. The molecule has 38 heavy (non-hydrogen) atoms. The molecule has 0 radical (unpaired) electrons. The van der Waals surface area contributed by atoms with Gasteiger partial charge in [-0.3, -0.25) is 0 Å². The van der Waals surface area contributed by atoms with E-state index in [2.05, 4.69) is 44.2 Å². The SMILES string of the molecule is CCCCCCCCCCCCCCCCCCCC([C+]1N=CC=N1)C(CCCCC)Cc1ccccc1. The van der Waals surface area contributed by atoms with Crippen molar-refractivity contribution in [2.45, 2.75) is 162 Å². The van der Waals surface area contributed by atoms with Gasteiger partial charge in [0.25, 0.3) is 0 Å². The monoisotopic (exact) mass is 521 g/mol. The average Bonchev–Trinajstić information content (AvgIpc) is 3.47. The highest BCUT2D eigenvalue weighted by molar-refractivity contribution is 6.18. The van der Waals surface area contributed by atoms with Crippen molar-refractivity contribution in [1.82, 2.24) is 0 Å². The highest BCUT2D eigenvalue weighted by Gasteiger charge is 2.35. The third-order valence-electron chi connectivity index (χ3n) is 8.52. The van der Waals surface area contributed by atoms with Crippen LogP contribution in [0.15, 0.2) is 40.3 Å². The summed E-state index contributed by atoms with van der Waals surface area (Å²) in [4.78, 5) is 9.38. The summed E-state index contributed by atoms with van der Waals surface area (Å²) >= 11 is 0. The van der Waals surface area contributed by atoms with Crippen LogP contribution < -0.4 is 0 Å². The Balaban J connectivity index is 1.58. The minimum Gasteiger partial charge on any atom is -0.0965 e. The van der Waals surface area contributed by atoms with E-state index >= 15 is 0 Å². The molecule has 1 aliphatic heterocycles. The third-order valence-corrected chi connectivity index (χ3v) is 8.52. The Bertz CT molecular complexity index is 683. The maximum atomic E-state index is 4.69. The van der Waals surface area contributed by atoms with Crippen LogP contribution in [-0.4, -0.2) is 12.4 Å². The van der Waals surface area contributed by atoms with Gasteiger partial charge in [0.2, 0.25) is 6.17 Å². The van der Waals surface area contributed by atoms with E-state index in [1.54, 1.807) is 0 Å². The molecule has 0 amide bonds. The van der Waals surface area contributed by atoms with Crippen molar-refractivity contribution in [2.75, 3.05) is 0 Å². The molecule has 0 fully saturated rings. The molecule has 1 aliphatic rings. The average molecular weight is 522 g/mol. The molecule has 0 saturated carbocycles. The summed E-state index contributed by atoms with van der Waals surface area (Å²) in [6.45, 7) is 4.61. The lowest BCUT2D eigenvalue weighted by Gasteiger charge is -2.26. The number of aliphatic imine (C=N–C) groups is 2. The lowest BCUT2D eigenvalue weighted by atomic mass is 9.78. The zero-order valence-electron chi connectivity index (χ0n) is 25.4. The number of unbranched alkanes of at least 4 members (excludes halogenated alkanes) is 18. The third kappa shape index (κ3) is 15.7. The summed E-state index contributed by atoms with van der Waals surface area (Å²) in [5.74, 6) is 1.14. The molecule has 2 rings (SSSR count). The van der Waals surface area contributed by atoms with Crippen LogP contribution in [0.3, 0.4) is 0 Å². The normalized spacial score (nSPS) is 14.4. The minimum absolute atomic E-state index is 0.499. The van der Waals surface area contributed by atoms with Gasteiger partial charge in [-0.05, 0) is 30.7 Å². The number of rotatable bonds is 26. The molecule has 1 heterocycles. The van der Waals surface area contributed by atoms with Crippen LogP contribution in [-0.2, 0) is 6.42 Å². The molecule has 2 nitrogen and oxygen atoms in total. The highest BCUT2D eigenvalue weighted by Crippen LogP contribution is 2.37. The van der Waals surface area contributed by atoms with Crippen LogP contribution in [0, 0.1) is 18.0 Å². The van der Waals surface area contributed by atoms with E-state index in [0.717, 1.165) is 12.6 Å². The van der Waals surface area contributed by atoms with Gasteiger partial charge in [-0.25, -0.2) is 0 Å². The molecule has 2 unspecified atom stereocenters. The van der Waals surface area contributed by atoms with E-state index < -0.39 is 0 Å². The van der Waals surface area contributed by atoms with E-state index in [1.807, 2.05) is 12.4 Å². The van der Waals surface area contributed by atoms with Gasteiger partial charge in [-0.15, -0.1) is 0 Å². The van der Waals surface area contributed by atoms with Crippen LogP contribution in [0.2, 0.25) is 0 Å². The summed E-state index contributed by atoms with van der Waals surface area (Å²) in [5, 5.41) is 0. The maximum Gasteiger partial charge on any atom is 0.244 e. The molecule has 0 N–H and O–H groups in total. The van der Waals surface area contributed by atoms with Crippen LogP contribution in [0.1, 0.15) is 161 Å². The van der Waals surface area contributed by atoms with Gasteiger partial charge in [0.05, 0.1) is 5.92 Å². The standard InChI is InChI=1S/C36H61N2/c1-3-5-7-8-9-10-11-12-13-14-15-16-17-18-19-20-25-29-35(36-37-30-31-38-36)34(28-22-6-4-2)32-33-26-23-21-24-27-33/h21,23-24,26-27,30-31,34-35H,3-20,22,25,28-29,32H2,1-2H3/q+1. The van der Waals surface area contributed by atoms with E-state index in [1.165, 1.54) is 147 Å².